The van der Waals surface area contributed by atoms with E-state index in [4.69, 9.17) is 11.6 Å². The van der Waals surface area contributed by atoms with Crippen molar-refractivity contribution in [2.24, 2.45) is 5.92 Å². The van der Waals surface area contributed by atoms with Crippen LogP contribution in [0.2, 0.25) is 5.02 Å². The number of sulfonamides is 1. The normalized spacial score (nSPS) is 18.4. The molecule has 1 aliphatic rings. The number of carbonyl (C=O) groups excluding carboxylic acids is 1. The minimum Gasteiger partial charge on any atom is -0.355 e. The van der Waals surface area contributed by atoms with Gasteiger partial charge in [-0.05, 0) is 49.3 Å². The van der Waals surface area contributed by atoms with Gasteiger partial charge in [0.25, 0.3) is 0 Å². The van der Waals surface area contributed by atoms with Crippen molar-refractivity contribution in [3.8, 4) is 0 Å². The van der Waals surface area contributed by atoms with Crippen molar-refractivity contribution in [2.45, 2.75) is 31.1 Å². The Morgan fingerprint density at radius 2 is 2.15 bits per heavy atom. The second kappa shape index (κ2) is 8.73. The Morgan fingerprint density at radius 3 is 2.85 bits per heavy atom. The molecule has 1 aromatic heterocycles. The maximum atomic E-state index is 13.1. The molecule has 0 radical (unpaired) electrons. The highest BCUT2D eigenvalue weighted by Crippen LogP contribution is 2.30. The quantitative estimate of drug-likeness (QED) is 0.769. The van der Waals surface area contributed by atoms with E-state index in [0.29, 0.717) is 31.5 Å². The summed E-state index contributed by atoms with van der Waals surface area (Å²) in [6.45, 7) is 2.90. The molecular weight excluding hydrogens is 404 g/mol. The third-order valence-electron chi connectivity index (χ3n) is 4.77. The van der Waals surface area contributed by atoms with Gasteiger partial charge in [0, 0.05) is 24.5 Å². The topological polar surface area (TPSA) is 66.5 Å². The highest BCUT2D eigenvalue weighted by atomic mass is 35.5. The molecule has 1 fully saturated rings. The first-order valence-electron chi connectivity index (χ1n) is 8.95. The summed E-state index contributed by atoms with van der Waals surface area (Å²) in [4.78, 5) is 13.9. The van der Waals surface area contributed by atoms with Gasteiger partial charge in [0.2, 0.25) is 15.9 Å². The van der Waals surface area contributed by atoms with Gasteiger partial charge in [-0.3, -0.25) is 4.79 Å². The minimum absolute atomic E-state index is 0.0812. The number of aryl methyl sites for hydroxylation is 1. The molecule has 2 aromatic rings. The van der Waals surface area contributed by atoms with Crippen molar-refractivity contribution >= 4 is 38.9 Å². The van der Waals surface area contributed by atoms with Gasteiger partial charge in [0.05, 0.1) is 10.9 Å². The highest BCUT2D eigenvalue weighted by Gasteiger charge is 2.34. The first-order valence-corrected chi connectivity index (χ1v) is 11.6. The molecule has 8 heteroatoms. The fourth-order valence-corrected chi connectivity index (χ4v) is 6.37. The number of rotatable bonds is 6. The van der Waals surface area contributed by atoms with Crippen LogP contribution < -0.4 is 5.32 Å². The van der Waals surface area contributed by atoms with Gasteiger partial charge in [-0.15, -0.1) is 11.3 Å². The molecule has 1 aromatic carbocycles. The maximum Gasteiger partial charge on any atom is 0.244 e. The molecule has 5 nitrogen and oxygen atoms in total. The largest absolute Gasteiger partial charge is 0.355 e. The molecule has 27 heavy (non-hydrogen) atoms. The molecule has 0 saturated carbocycles. The highest BCUT2D eigenvalue weighted by molar-refractivity contribution is 7.89. The number of nitrogens with one attached hydrogen (secondary N) is 1. The van der Waals surface area contributed by atoms with Crippen molar-refractivity contribution in [1.82, 2.24) is 9.62 Å². The molecule has 1 amide bonds. The Kier molecular flexibility index (Phi) is 6.57. The molecule has 0 spiro atoms. The number of thiophene rings is 1. The van der Waals surface area contributed by atoms with Crippen LogP contribution in [-0.4, -0.2) is 38.3 Å². The summed E-state index contributed by atoms with van der Waals surface area (Å²) in [7, 11) is -3.72. The predicted molar refractivity (Wildman–Crippen MR) is 109 cm³/mol. The van der Waals surface area contributed by atoms with Crippen LogP contribution in [0.1, 0.15) is 23.3 Å². The van der Waals surface area contributed by atoms with Crippen LogP contribution in [0, 0.1) is 12.8 Å². The van der Waals surface area contributed by atoms with E-state index < -0.39 is 10.0 Å². The monoisotopic (exact) mass is 426 g/mol. The zero-order valence-corrected chi connectivity index (χ0v) is 17.5. The lowest BCUT2D eigenvalue weighted by atomic mass is 9.99. The number of benzene rings is 1. The summed E-state index contributed by atoms with van der Waals surface area (Å²) < 4.78 is 27.6. The molecule has 0 bridgehead atoms. The summed E-state index contributed by atoms with van der Waals surface area (Å²) in [5, 5.41) is 5.18. The van der Waals surface area contributed by atoms with Crippen LogP contribution in [0.25, 0.3) is 0 Å². The van der Waals surface area contributed by atoms with Crippen molar-refractivity contribution in [3.63, 3.8) is 0 Å². The predicted octanol–water partition coefficient (Wildman–Crippen LogP) is 3.47. The van der Waals surface area contributed by atoms with Gasteiger partial charge in [-0.1, -0.05) is 29.8 Å². The van der Waals surface area contributed by atoms with Crippen molar-refractivity contribution < 1.29 is 13.2 Å². The van der Waals surface area contributed by atoms with Crippen molar-refractivity contribution in [2.75, 3.05) is 19.6 Å². The van der Waals surface area contributed by atoms with Crippen molar-refractivity contribution in [3.05, 3.63) is 51.2 Å². The Morgan fingerprint density at radius 1 is 1.33 bits per heavy atom. The van der Waals surface area contributed by atoms with E-state index in [-0.39, 0.29) is 28.3 Å². The number of nitrogens with zero attached hydrogens (tertiary/aromatic N) is 1. The van der Waals surface area contributed by atoms with Gasteiger partial charge in [0.1, 0.15) is 4.90 Å². The van der Waals surface area contributed by atoms with Crippen LogP contribution >= 0.6 is 22.9 Å². The van der Waals surface area contributed by atoms with E-state index in [9.17, 15) is 13.2 Å². The molecule has 1 atom stereocenters. The molecule has 1 saturated heterocycles. The van der Waals surface area contributed by atoms with Crippen LogP contribution in [0.5, 0.6) is 0 Å². The molecule has 1 unspecified atom stereocenters. The van der Waals surface area contributed by atoms with Crippen LogP contribution in [0.4, 0.5) is 0 Å². The zero-order chi connectivity index (χ0) is 19.4. The summed E-state index contributed by atoms with van der Waals surface area (Å²) in [5.74, 6) is -0.415. The summed E-state index contributed by atoms with van der Waals surface area (Å²) >= 11 is 7.83. The molecule has 1 aliphatic heterocycles. The fraction of sp³-hybridized carbons (Fsp3) is 0.421. The number of hydrogen-bond acceptors (Lipinski definition) is 4. The Balaban J connectivity index is 1.65. The van der Waals surface area contributed by atoms with Crippen molar-refractivity contribution in [1.29, 1.82) is 0 Å². The summed E-state index contributed by atoms with van der Waals surface area (Å²) in [5.41, 5.74) is 0.616. The number of carbonyl (C=O) groups is 1. The number of halogens is 1. The maximum absolute atomic E-state index is 13.1. The van der Waals surface area contributed by atoms with Gasteiger partial charge in [-0.25, -0.2) is 8.42 Å². The molecule has 0 aliphatic carbocycles. The SMILES string of the molecule is Cc1cccc(Cl)c1S(=O)(=O)N1CCCC(C(=O)NCCc2cccs2)C1. The van der Waals surface area contributed by atoms with Gasteiger partial charge < -0.3 is 5.32 Å². The van der Waals surface area contributed by atoms with Gasteiger partial charge >= 0.3 is 0 Å². The van der Waals surface area contributed by atoms with Crippen LogP contribution in [0.3, 0.4) is 0 Å². The number of hydrogen-bond donors (Lipinski definition) is 1. The third-order valence-corrected chi connectivity index (χ3v) is 8.20. The van der Waals surface area contributed by atoms with E-state index >= 15 is 0 Å². The number of amides is 1. The Labute approximate surface area is 169 Å². The standard InChI is InChI=1S/C19H23ClN2O3S2/c1-14-5-2-8-17(20)18(14)27(24,25)22-11-3-6-15(13-22)19(23)21-10-9-16-7-4-12-26-16/h2,4-5,7-8,12,15H,3,6,9-11,13H2,1H3,(H,21,23). The van der Waals surface area contributed by atoms with Gasteiger partial charge in [0.15, 0.2) is 0 Å². The molecule has 146 valence electrons. The van der Waals surface area contributed by atoms with Gasteiger partial charge in [-0.2, -0.15) is 4.31 Å². The lowest BCUT2D eigenvalue weighted by Crippen LogP contribution is -2.45. The molecular formula is C19H23ClN2O3S2. The van der Waals surface area contributed by atoms with Crippen LogP contribution in [-0.2, 0) is 21.2 Å². The summed E-state index contributed by atoms with van der Waals surface area (Å²) in [6.07, 6.45) is 2.14. The van der Waals surface area contributed by atoms with E-state index in [0.717, 1.165) is 6.42 Å². The second-order valence-corrected chi connectivity index (χ2v) is 10.0. The second-order valence-electron chi connectivity index (χ2n) is 6.71. The number of piperidine rings is 1. The van der Waals surface area contributed by atoms with E-state index in [1.807, 2.05) is 17.5 Å². The van der Waals surface area contributed by atoms with E-state index in [1.165, 1.54) is 9.18 Å². The lowest BCUT2D eigenvalue weighted by molar-refractivity contribution is -0.126. The fourth-order valence-electron chi connectivity index (χ4n) is 3.36. The van der Waals surface area contributed by atoms with E-state index in [1.54, 1.807) is 36.5 Å². The molecule has 2 heterocycles. The molecule has 3 rings (SSSR count). The first kappa shape index (κ1) is 20.3. The van der Waals surface area contributed by atoms with E-state index in [2.05, 4.69) is 5.32 Å². The smallest absolute Gasteiger partial charge is 0.244 e. The minimum atomic E-state index is -3.72. The molecule has 1 N–H and O–H groups in total. The third kappa shape index (κ3) is 4.71. The summed E-state index contributed by atoms with van der Waals surface area (Å²) in [6, 6.07) is 9.08. The van der Waals surface area contributed by atoms with Crippen LogP contribution in [0.15, 0.2) is 40.6 Å². The first-order chi connectivity index (χ1) is 12.9. The zero-order valence-electron chi connectivity index (χ0n) is 15.2. The average molecular weight is 427 g/mol. The Bertz CT molecular complexity index is 877. The average Bonchev–Trinajstić information content (AvgIpc) is 3.15. The lowest BCUT2D eigenvalue weighted by Gasteiger charge is -2.31. The Hall–Kier alpha value is -1.41.